The van der Waals surface area contributed by atoms with Crippen molar-refractivity contribution >= 4 is 29.4 Å². The van der Waals surface area contributed by atoms with Crippen LogP contribution in [0.3, 0.4) is 0 Å². The lowest BCUT2D eigenvalue weighted by Crippen LogP contribution is -2.57. The van der Waals surface area contributed by atoms with Gasteiger partial charge in [0.2, 0.25) is 5.91 Å². The number of amides is 2. The van der Waals surface area contributed by atoms with Gasteiger partial charge in [0.1, 0.15) is 12.4 Å². The van der Waals surface area contributed by atoms with Crippen LogP contribution >= 0.6 is 11.8 Å². The van der Waals surface area contributed by atoms with E-state index in [-0.39, 0.29) is 12.5 Å². The first-order valence-electron chi connectivity index (χ1n) is 12.2. The Kier molecular flexibility index (Phi) is 6.95. The lowest BCUT2D eigenvalue weighted by atomic mass is 9.84. The van der Waals surface area contributed by atoms with Gasteiger partial charge in [0.15, 0.2) is 5.66 Å². The molecule has 1 aliphatic heterocycles. The molecule has 1 unspecified atom stereocenters. The van der Waals surface area contributed by atoms with Gasteiger partial charge in [-0.2, -0.15) is 0 Å². The largest absolute Gasteiger partial charge is 0.445 e. The quantitative estimate of drug-likeness (QED) is 0.215. The molecule has 1 fully saturated rings. The van der Waals surface area contributed by atoms with Crippen LogP contribution in [-0.2, 0) is 14.3 Å². The number of carbonyl (C=O) groups excluding carboxylic acids is 2. The van der Waals surface area contributed by atoms with Gasteiger partial charge >= 0.3 is 6.09 Å². The summed E-state index contributed by atoms with van der Waals surface area (Å²) in [6.45, 7) is 3.00. The summed E-state index contributed by atoms with van der Waals surface area (Å²) in [7, 11) is 0. The van der Waals surface area contributed by atoms with Crippen LogP contribution in [-0.4, -0.2) is 24.3 Å². The second kappa shape index (κ2) is 10.3. The third-order valence-electron chi connectivity index (χ3n) is 6.58. The number of nitrogens with zero attached hydrogens (tertiary/aromatic N) is 1. The van der Waals surface area contributed by atoms with Crippen LogP contribution in [0.2, 0.25) is 0 Å². The van der Waals surface area contributed by atoms with Crippen LogP contribution in [0.25, 0.3) is 0 Å². The van der Waals surface area contributed by atoms with Crippen molar-refractivity contribution in [2.75, 3.05) is 11.5 Å². The molecule has 0 bridgehead atoms. The first-order chi connectivity index (χ1) is 18.3. The molecule has 0 aromatic heterocycles. The predicted octanol–water partition coefficient (Wildman–Crippen LogP) is 6.72. The molecule has 4 aromatic rings. The van der Waals surface area contributed by atoms with E-state index in [1.165, 1.54) is 29.7 Å². The van der Waals surface area contributed by atoms with Gasteiger partial charge in [-0.1, -0.05) is 91.0 Å². The van der Waals surface area contributed by atoms with Gasteiger partial charge < -0.3 is 10.1 Å². The van der Waals surface area contributed by atoms with Crippen LogP contribution in [0.4, 0.5) is 14.9 Å². The number of halogens is 1. The second-order valence-electron chi connectivity index (χ2n) is 9.34. The van der Waals surface area contributed by atoms with Gasteiger partial charge in [-0.15, -0.1) is 11.8 Å². The van der Waals surface area contributed by atoms with Crippen molar-refractivity contribution in [3.8, 4) is 0 Å². The van der Waals surface area contributed by atoms with E-state index in [4.69, 9.17) is 4.74 Å². The standard InChI is InChI=1S/C31H27FN2O3S/c1-22(35)33-30(2)21-37-29(36)34(30)26-18-19-28(27(32)20-26)38-31(23-12-6-3-7-13-23,24-14-8-4-9-15-24)25-16-10-5-11-17-25/h3-20H,21H2,1-2H3,(H,33,35). The molecule has 38 heavy (non-hydrogen) atoms. The lowest BCUT2D eigenvalue weighted by molar-refractivity contribution is -0.120. The molecule has 1 aliphatic rings. The van der Waals surface area contributed by atoms with Crippen molar-refractivity contribution in [1.82, 2.24) is 5.32 Å². The number of hydrogen-bond acceptors (Lipinski definition) is 4. The summed E-state index contributed by atoms with van der Waals surface area (Å²) >= 11 is 1.41. The fourth-order valence-electron chi connectivity index (χ4n) is 4.97. The Labute approximate surface area is 225 Å². The Balaban J connectivity index is 1.63. The van der Waals surface area contributed by atoms with Crippen molar-refractivity contribution in [3.63, 3.8) is 0 Å². The van der Waals surface area contributed by atoms with E-state index >= 15 is 4.39 Å². The summed E-state index contributed by atoms with van der Waals surface area (Å²) in [5.74, 6) is -0.800. The van der Waals surface area contributed by atoms with Crippen molar-refractivity contribution in [1.29, 1.82) is 0 Å². The molecule has 1 heterocycles. The molecule has 192 valence electrons. The summed E-state index contributed by atoms with van der Waals surface area (Å²) in [5.41, 5.74) is 2.20. The van der Waals surface area contributed by atoms with Crippen LogP contribution in [0.15, 0.2) is 114 Å². The van der Waals surface area contributed by atoms with Crippen molar-refractivity contribution in [2.24, 2.45) is 0 Å². The van der Waals surface area contributed by atoms with E-state index in [0.717, 1.165) is 16.7 Å². The molecule has 2 amide bonds. The van der Waals surface area contributed by atoms with E-state index < -0.39 is 22.3 Å². The zero-order valence-electron chi connectivity index (χ0n) is 21.1. The number of thioether (sulfide) groups is 1. The Bertz CT molecular complexity index is 1350. The highest BCUT2D eigenvalue weighted by molar-refractivity contribution is 8.00. The van der Waals surface area contributed by atoms with Gasteiger partial charge in [-0.25, -0.2) is 9.18 Å². The average molecular weight is 527 g/mol. The first-order valence-corrected chi connectivity index (χ1v) is 13.1. The first kappa shape index (κ1) is 25.5. The normalized spacial score (nSPS) is 17.2. The van der Waals surface area contributed by atoms with Crippen molar-refractivity contribution < 1.29 is 18.7 Å². The van der Waals surface area contributed by atoms with E-state index in [1.807, 2.05) is 54.6 Å². The zero-order valence-corrected chi connectivity index (χ0v) is 21.9. The Morgan fingerprint density at radius 1 is 0.895 bits per heavy atom. The highest BCUT2D eigenvalue weighted by atomic mass is 32.2. The summed E-state index contributed by atoms with van der Waals surface area (Å²) in [6, 6.07) is 34.8. The van der Waals surface area contributed by atoms with Gasteiger partial charge in [0.25, 0.3) is 0 Å². The summed E-state index contributed by atoms with van der Waals surface area (Å²) in [5, 5.41) is 2.75. The molecule has 7 heteroatoms. The number of ether oxygens (including phenoxy) is 1. The minimum absolute atomic E-state index is 0.0390. The molecule has 0 spiro atoms. The number of nitrogens with one attached hydrogen (secondary N) is 1. The predicted molar refractivity (Wildman–Crippen MR) is 148 cm³/mol. The molecule has 1 atom stereocenters. The highest BCUT2D eigenvalue weighted by Crippen LogP contribution is 2.52. The summed E-state index contributed by atoms with van der Waals surface area (Å²) < 4.78 is 20.4. The van der Waals surface area contributed by atoms with Crippen LogP contribution in [0.5, 0.6) is 0 Å². The van der Waals surface area contributed by atoms with Gasteiger partial charge in [0.05, 0.1) is 10.4 Å². The Morgan fingerprint density at radius 2 is 1.39 bits per heavy atom. The van der Waals surface area contributed by atoms with Crippen LogP contribution < -0.4 is 10.2 Å². The monoisotopic (exact) mass is 526 g/mol. The molecular weight excluding hydrogens is 499 g/mol. The van der Waals surface area contributed by atoms with E-state index in [1.54, 1.807) is 19.1 Å². The molecule has 0 radical (unpaired) electrons. The third kappa shape index (κ3) is 4.65. The van der Waals surface area contributed by atoms with Gasteiger partial charge in [-0.05, 0) is 41.8 Å². The number of rotatable bonds is 7. The summed E-state index contributed by atoms with van der Waals surface area (Å²) in [4.78, 5) is 26.1. The van der Waals surface area contributed by atoms with E-state index in [0.29, 0.717) is 10.6 Å². The summed E-state index contributed by atoms with van der Waals surface area (Å²) in [6.07, 6.45) is -0.645. The SMILES string of the molecule is CC(=O)NC1(C)COC(=O)N1c1ccc(SC(c2ccccc2)(c2ccccc2)c2ccccc2)c(F)c1. The molecule has 4 aromatic carbocycles. The number of benzene rings is 4. The average Bonchev–Trinajstić information content (AvgIpc) is 3.22. The maximum absolute atomic E-state index is 15.9. The van der Waals surface area contributed by atoms with Crippen LogP contribution in [0.1, 0.15) is 30.5 Å². The lowest BCUT2D eigenvalue weighted by Gasteiger charge is -2.36. The Hall–Kier alpha value is -4.10. The Morgan fingerprint density at radius 3 is 1.84 bits per heavy atom. The molecule has 5 nitrogen and oxygen atoms in total. The fourth-order valence-corrected chi connectivity index (χ4v) is 6.35. The van der Waals surface area contributed by atoms with E-state index in [9.17, 15) is 9.59 Å². The number of cyclic esters (lactones) is 1. The van der Waals surface area contributed by atoms with Crippen molar-refractivity contribution in [2.45, 2.75) is 29.2 Å². The molecular formula is C31H27FN2O3S. The second-order valence-corrected chi connectivity index (χ2v) is 10.6. The molecule has 1 saturated heterocycles. The zero-order chi connectivity index (χ0) is 26.8. The van der Waals surface area contributed by atoms with Gasteiger partial charge in [0, 0.05) is 11.8 Å². The minimum Gasteiger partial charge on any atom is -0.445 e. The minimum atomic E-state index is -1.12. The van der Waals surface area contributed by atoms with E-state index in [2.05, 4.69) is 41.7 Å². The molecule has 0 aliphatic carbocycles. The molecule has 0 saturated carbocycles. The number of hydrogen-bond donors (Lipinski definition) is 1. The topological polar surface area (TPSA) is 58.6 Å². The molecule has 5 rings (SSSR count). The maximum Gasteiger partial charge on any atom is 0.416 e. The smallest absolute Gasteiger partial charge is 0.416 e. The highest BCUT2D eigenvalue weighted by Gasteiger charge is 2.46. The number of anilines is 1. The van der Waals surface area contributed by atoms with Crippen molar-refractivity contribution in [3.05, 3.63) is 132 Å². The fraction of sp³-hybridized carbons (Fsp3) is 0.161. The van der Waals surface area contributed by atoms with Crippen LogP contribution in [0, 0.1) is 5.82 Å². The number of carbonyl (C=O) groups is 2. The maximum atomic E-state index is 15.9. The molecule has 1 N–H and O–H groups in total. The van der Waals surface area contributed by atoms with Gasteiger partial charge in [-0.3, -0.25) is 9.69 Å². The third-order valence-corrected chi connectivity index (χ3v) is 8.14.